The molecule has 0 fully saturated rings. The standard InChI is InChI=1S/C24H16N4O3/c29-20-13-7-4-10-16(20)14-19-24(31)28(22(25-19)15-8-2-1-3-9-15)27-21-17-11-5-6-12-18(17)26-23(21)30/h1-14,29H,(H,26,27,30). The van der Waals surface area contributed by atoms with Crippen molar-refractivity contribution in [3.8, 4) is 5.75 Å². The highest BCUT2D eigenvalue weighted by Gasteiger charge is 2.34. The highest BCUT2D eigenvalue weighted by molar-refractivity contribution is 6.54. The second-order valence-corrected chi connectivity index (χ2v) is 6.96. The Kier molecular flexibility index (Phi) is 4.41. The summed E-state index contributed by atoms with van der Waals surface area (Å²) in [5.74, 6) is -0.545. The number of phenols is 1. The lowest BCUT2D eigenvalue weighted by Crippen LogP contribution is -2.30. The van der Waals surface area contributed by atoms with Gasteiger partial charge in [0, 0.05) is 16.7 Å². The van der Waals surface area contributed by atoms with Crippen molar-refractivity contribution in [2.24, 2.45) is 10.1 Å². The van der Waals surface area contributed by atoms with Gasteiger partial charge in [-0.1, -0.05) is 66.7 Å². The van der Waals surface area contributed by atoms with Crippen LogP contribution in [0, 0.1) is 0 Å². The predicted molar refractivity (Wildman–Crippen MR) is 118 cm³/mol. The van der Waals surface area contributed by atoms with Crippen LogP contribution in [0.4, 0.5) is 5.69 Å². The van der Waals surface area contributed by atoms with Crippen LogP contribution in [0.2, 0.25) is 0 Å². The molecule has 3 aromatic rings. The number of aliphatic imine (C=N–C) groups is 1. The van der Waals surface area contributed by atoms with Crippen molar-refractivity contribution in [2.75, 3.05) is 5.32 Å². The molecule has 0 atom stereocenters. The topological polar surface area (TPSA) is 94.4 Å². The number of phenolic OH excluding ortho intramolecular Hbond substituents is 1. The van der Waals surface area contributed by atoms with E-state index in [1.165, 1.54) is 12.1 Å². The molecule has 0 saturated heterocycles. The van der Waals surface area contributed by atoms with E-state index >= 15 is 0 Å². The normalized spacial score (nSPS) is 17.8. The number of nitrogens with zero attached hydrogens (tertiary/aromatic N) is 3. The Hall–Kier alpha value is -4.52. The molecule has 2 N–H and O–H groups in total. The van der Waals surface area contributed by atoms with Crippen LogP contribution in [0.15, 0.2) is 94.7 Å². The van der Waals surface area contributed by atoms with Gasteiger partial charge in [0.1, 0.15) is 11.4 Å². The van der Waals surface area contributed by atoms with Gasteiger partial charge in [0.05, 0.1) is 5.69 Å². The number of fused-ring (bicyclic) bond motifs is 1. The fourth-order valence-corrected chi connectivity index (χ4v) is 3.43. The summed E-state index contributed by atoms with van der Waals surface area (Å²) < 4.78 is 0. The zero-order valence-electron chi connectivity index (χ0n) is 16.2. The number of hydrogen-bond acceptors (Lipinski definition) is 5. The van der Waals surface area contributed by atoms with Crippen molar-refractivity contribution in [3.05, 3.63) is 101 Å². The van der Waals surface area contributed by atoms with Crippen LogP contribution in [0.5, 0.6) is 5.75 Å². The Morgan fingerprint density at radius 2 is 1.61 bits per heavy atom. The molecule has 0 radical (unpaired) electrons. The summed E-state index contributed by atoms with van der Waals surface area (Å²) in [5, 5.41) is 18.4. The largest absolute Gasteiger partial charge is 0.507 e. The quantitative estimate of drug-likeness (QED) is 0.651. The molecule has 7 nitrogen and oxygen atoms in total. The van der Waals surface area contributed by atoms with Gasteiger partial charge in [0.25, 0.3) is 11.8 Å². The van der Waals surface area contributed by atoms with Crippen molar-refractivity contribution >= 4 is 35.1 Å². The smallest absolute Gasteiger partial charge is 0.298 e. The molecule has 5 rings (SSSR count). The van der Waals surface area contributed by atoms with Crippen LogP contribution in [0.1, 0.15) is 16.7 Å². The number of amidine groups is 1. The van der Waals surface area contributed by atoms with Gasteiger partial charge >= 0.3 is 0 Å². The van der Waals surface area contributed by atoms with E-state index in [0.29, 0.717) is 28.2 Å². The number of rotatable bonds is 3. The molecule has 0 aromatic heterocycles. The van der Waals surface area contributed by atoms with Gasteiger partial charge in [-0.2, -0.15) is 10.1 Å². The van der Waals surface area contributed by atoms with Crippen molar-refractivity contribution in [1.29, 1.82) is 0 Å². The number of benzene rings is 3. The van der Waals surface area contributed by atoms with Crippen LogP contribution in [-0.4, -0.2) is 33.5 Å². The molecule has 31 heavy (non-hydrogen) atoms. The van der Waals surface area contributed by atoms with E-state index in [-0.39, 0.29) is 23.1 Å². The van der Waals surface area contributed by atoms with Gasteiger partial charge < -0.3 is 10.4 Å². The molecule has 2 heterocycles. The first kappa shape index (κ1) is 18.5. The van der Waals surface area contributed by atoms with E-state index in [9.17, 15) is 14.7 Å². The van der Waals surface area contributed by atoms with Crippen molar-refractivity contribution < 1.29 is 14.7 Å². The first-order valence-electron chi connectivity index (χ1n) is 9.59. The second-order valence-electron chi connectivity index (χ2n) is 6.96. The molecule has 150 valence electrons. The highest BCUT2D eigenvalue weighted by Crippen LogP contribution is 2.28. The Morgan fingerprint density at radius 3 is 2.42 bits per heavy atom. The number of anilines is 1. The van der Waals surface area contributed by atoms with Gasteiger partial charge in [-0.25, -0.2) is 4.99 Å². The van der Waals surface area contributed by atoms with Crippen LogP contribution in [-0.2, 0) is 9.59 Å². The molecule has 2 aliphatic heterocycles. The monoisotopic (exact) mass is 408 g/mol. The number of carbonyl (C=O) groups is 2. The maximum Gasteiger partial charge on any atom is 0.298 e. The third-order valence-corrected chi connectivity index (χ3v) is 4.94. The van der Waals surface area contributed by atoms with Gasteiger partial charge in [0.2, 0.25) is 0 Å². The number of carbonyl (C=O) groups excluding carboxylic acids is 2. The van der Waals surface area contributed by atoms with Gasteiger partial charge in [-0.15, -0.1) is 0 Å². The average molecular weight is 408 g/mol. The summed E-state index contributed by atoms with van der Waals surface area (Å²) in [4.78, 5) is 30.2. The number of nitrogens with one attached hydrogen (secondary N) is 1. The zero-order valence-corrected chi connectivity index (χ0v) is 16.2. The zero-order chi connectivity index (χ0) is 21.4. The first-order chi connectivity index (χ1) is 15.1. The Morgan fingerprint density at radius 1 is 0.903 bits per heavy atom. The van der Waals surface area contributed by atoms with Crippen LogP contribution >= 0.6 is 0 Å². The average Bonchev–Trinajstić information content (AvgIpc) is 3.27. The number of para-hydroxylation sites is 2. The maximum absolute atomic E-state index is 13.2. The van der Waals surface area contributed by atoms with Crippen molar-refractivity contribution in [3.63, 3.8) is 0 Å². The van der Waals surface area contributed by atoms with Crippen LogP contribution in [0.25, 0.3) is 6.08 Å². The lowest BCUT2D eigenvalue weighted by atomic mass is 10.1. The molecule has 0 aliphatic carbocycles. The third kappa shape index (κ3) is 3.28. The van der Waals surface area contributed by atoms with Gasteiger partial charge in [-0.3, -0.25) is 9.59 Å². The van der Waals surface area contributed by atoms with E-state index in [0.717, 1.165) is 5.01 Å². The van der Waals surface area contributed by atoms with E-state index in [1.807, 2.05) is 36.4 Å². The van der Waals surface area contributed by atoms with Gasteiger partial charge in [-0.05, 0) is 18.2 Å². The molecule has 2 aliphatic rings. The number of hydrogen-bond donors (Lipinski definition) is 2. The summed E-state index contributed by atoms with van der Waals surface area (Å²) in [6, 6.07) is 23.0. The van der Waals surface area contributed by atoms with Crippen LogP contribution in [0.3, 0.4) is 0 Å². The van der Waals surface area contributed by atoms with E-state index in [2.05, 4.69) is 15.4 Å². The number of aromatic hydroxyl groups is 1. The molecule has 7 heteroatoms. The van der Waals surface area contributed by atoms with Crippen molar-refractivity contribution in [1.82, 2.24) is 5.01 Å². The lowest BCUT2D eigenvalue weighted by Gasteiger charge is -2.13. The van der Waals surface area contributed by atoms with E-state index < -0.39 is 5.91 Å². The SMILES string of the molecule is O=C1Nc2ccccc2/C1=N/N1C(=O)C(=Cc2ccccc2O)N=C1c1ccccc1. The van der Waals surface area contributed by atoms with E-state index in [4.69, 9.17) is 0 Å². The Labute approximate surface area is 177 Å². The maximum atomic E-state index is 13.2. The molecule has 2 amide bonds. The minimum Gasteiger partial charge on any atom is -0.507 e. The third-order valence-electron chi connectivity index (χ3n) is 4.94. The molecule has 0 unspecified atom stereocenters. The summed E-state index contributed by atoms with van der Waals surface area (Å²) in [6.07, 6.45) is 1.50. The number of hydrazone groups is 1. The minimum atomic E-state index is -0.494. The molecule has 0 bridgehead atoms. The highest BCUT2D eigenvalue weighted by atomic mass is 16.3. The molecular formula is C24H16N4O3. The number of amides is 2. The molecular weight excluding hydrogens is 392 g/mol. The summed E-state index contributed by atoms with van der Waals surface area (Å²) >= 11 is 0. The fraction of sp³-hybridized carbons (Fsp3) is 0. The Bertz CT molecular complexity index is 1310. The fourth-order valence-electron chi connectivity index (χ4n) is 3.43. The molecule has 0 spiro atoms. The van der Waals surface area contributed by atoms with Gasteiger partial charge in [0.15, 0.2) is 11.5 Å². The predicted octanol–water partition coefficient (Wildman–Crippen LogP) is 3.38. The van der Waals surface area contributed by atoms with Crippen LogP contribution < -0.4 is 5.32 Å². The van der Waals surface area contributed by atoms with E-state index in [1.54, 1.807) is 36.4 Å². The Balaban J connectivity index is 1.63. The summed E-state index contributed by atoms with van der Waals surface area (Å²) in [6.45, 7) is 0. The molecule has 3 aromatic carbocycles. The first-order valence-corrected chi connectivity index (χ1v) is 9.59. The minimum absolute atomic E-state index is 0.0353. The second kappa shape index (κ2) is 7.38. The summed E-state index contributed by atoms with van der Waals surface area (Å²) in [7, 11) is 0. The van der Waals surface area contributed by atoms with Crippen molar-refractivity contribution in [2.45, 2.75) is 0 Å². The lowest BCUT2D eigenvalue weighted by molar-refractivity contribution is -0.122. The summed E-state index contributed by atoms with van der Waals surface area (Å²) in [5.41, 5.74) is 2.63. The molecule has 0 saturated carbocycles.